The second kappa shape index (κ2) is 17.3. The van der Waals surface area contributed by atoms with Gasteiger partial charge in [0.1, 0.15) is 11.2 Å². The van der Waals surface area contributed by atoms with Crippen LogP contribution in [-0.2, 0) is 5.41 Å². The van der Waals surface area contributed by atoms with Gasteiger partial charge in [0.05, 0.1) is 16.7 Å². The molecule has 0 aliphatic rings. The van der Waals surface area contributed by atoms with Crippen LogP contribution in [0, 0.1) is 0 Å². The lowest BCUT2D eigenvalue weighted by Gasteiger charge is -2.22. The zero-order chi connectivity index (χ0) is 48.3. The van der Waals surface area contributed by atoms with Gasteiger partial charge in [-0.15, -0.1) is 0 Å². The van der Waals surface area contributed by atoms with Crippen molar-refractivity contribution in [3.8, 4) is 84.4 Å². The third-order valence-electron chi connectivity index (χ3n) is 14.0. The molecule has 3 heterocycles. The standard InChI is InChI=1S/C67H48N4O/c1-67(2,3)52-33-28-46(29-34-52)56-41-51(66-69-64(47-24-14-7-15-25-47)68-65(70-66)50-30-35-54-53-26-16-17-27-61(53)72-62(54)42-50)40-55(45-22-12-6-13-23-45)63(56)71-59-36-31-48(43-18-8-4-9-19-43)38-57(59)58-39-49(32-37-60(58)71)44-20-10-5-11-21-44/h4-42H,1-3H3. The van der Waals surface area contributed by atoms with Gasteiger partial charge in [0, 0.05) is 49.4 Å². The minimum Gasteiger partial charge on any atom is -0.456 e. The summed E-state index contributed by atoms with van der Waals surface area (Å²) in [4.78, 5) is 15.9. The van der Waals surface area contributed by atoms with Gasteiger partial charge in [0.25, 0.3) is 0 Å². The van der Waals surface area contributed by atoms with Crippen LogP contribution in [0.5, 0.6) is 0 Å². The van der Waals surface area contributed by atoms with Crippen molar-refractivity contribution in [2.45, 2.75) is 26.2 Å². The Hall–Kier alpha value is -9.19. The van der Waals surface area contributed by atoms with Crippen LogP contribution in [-0.4, -0.2) is 19.5 Å². The highest BCUT2D eigenvalue weighted by Gasteiger charge is 2.25. The maximum atomic E-state index is 6.40. The van der Waals surface area contributed by atoms with Crippen LogP contribution in [0.3, 0.4) is 0 Å². The van der Waals surface area contributed by atoms with Crippen LogP contribution < -0.4 is 0 Å². The van der Waals surface area contributed by atoms with Crippen LogP contribution in [0.4, 0.5) is 0 Å². The van der Waals surface area contributed by atoms with Crippen molar-refractivity contribution in [3.63, 3.8) is 0 Å². The monoisotopic (exact) mass is 924 g/mol. The van der Waals surface area contributed by atoms with E-state index in [4.69, 9.17) is 19.4 Å². The minimum atomic E-state index is -0.0291. The SMILES string of the molecule is CC(C)(C)c1ccc(-c2cc(-c3nc(-c4ccccc4)nc(-c4ccc5c(c4)oc4ccccc45)n3)cc(-c3ccccc3)c2-n2c3ccc(-c4ccccc4)cc3c3cc(-c4ccccc4)ccc32)cc1. The van der Waals surface area contributed by atoms with Crippen LogP contribution in [0.25, 0.3) is 128 Å². The Bertz CT molecular complexity index is 4060. The molecule has 5 heteroatoms. The number of benzene rings is 10. The number of para-hydroxylation sites is 1. The fraction of sp³-hybridized carbons (Fsp3) is 0.0597. The molecule has 0 atom stereocenters. The molecule has 0 spiro atoms. The average Bonchev–Trinajstić information content (AvgIpc) is 3.98. The Kier molecular flexibility index (Phi) is 10.3. The van der Waals surface area contributed by atoms with Crippen molar-refractivity contribution >= 4 is 43.7 Å². The lowest BCUT2D eigenvalue weighted by molar-refractivity contribution is 0.590. The highest BCUT2D eigenvalue weighted by atomic mass is 16.3. The molecule has 0 saturated heterocycles. The molecule has 0 radical (unpaired) electrons. The van der Waals surface area contributed by atoms with E-state index >= 15 is 0 Å². The van der Waals surface area contributed by atoms with Crippen LogP contribution in [0.15, 0.2) is 241 Å². The first kappa shape index (κ1) is 42.9. The average molecular weight is 925 g/mol. The molecular formula is C67H48N4O. The molecule has 5 nitrogen and oxygen atoms in total. The van der Waals surface area contributed by atoms with Crippen molar-refractivity contribution in [1.29, 1.82) is 0 Å². The van der Waals surface area contributed by atoms with Gasteiger partial charge in [-0.05, 0) is 99.0 Å². The summed E-state index contributed by atoms with van der Waals surface area (Å²) in [6.45, 7) is 6.80. The largest absolute Gasteiger partial charge is 0.456 e. The van der Waals surface area contributed by atoms with E-state index < -0.39 is 0 Å². The maximum Gasteiger partial charge on any atom is 0.164 e. The van der Waals surface area contributed by atoms with Gasteiger partial charge >= 0.3 is 0 Å². The highest BCUT2D eigenvalue weighted by Crippen LogP contribution is 2.46. The molecule has 0 saturated carbocycles. The number of furan rings is 1. The smallest absolute Gasteiger partial charge is 0.164 e. The van der Waals surface area contributed by atoms with E-state index in [9.17, 15) is 0 Å². The van der Waals surface area contributed by atoms with Crippen molar-refractivity contribution in [2.75, 3.05) is 0 Å². The first-order valence-electron chi connectivity index (χ1n) is 24.6. The fourth-order valence-corrected chi connectivity index (χ4v) is 10.3. The zero-order valence-electron chi connectivity index (χ0n) is 40.2. The Morgan fingerprint density at radius 2 is 0.750 bits per heavy atom. The van der Waals surface area contributed by atoms with Crippen LogP contribution >= 0.6 is 0 Å². The first-order chi connectivity index (χ1) is 35.3. The van der Waals surface area contributed by atoms with E-state index in [0.717, 1.165) is 77.6 Å². The summed E-state index contributed by atoms with van der Waals surface area (Å²) < 4.78 is 8.89. The van der Waals surface area contributed by atoms with E-state index in [1.165, 1.54) is 38.6 Å². The number of hydrogen-bond donors (Lipinski definition) is 0. The summed E-state index contributed by atoms with van der Waals surface area (Å²) >= 11 is 0. The molecule has 0 N–H and O–H groups in total. The molecule has 13 aromatic rings. The third-order valence-corrected chi connectivity index (χ3v) is 14.0. The number of nitrogens with zero attached hydrogens (tertiary/aromatic N) is 4. The summed E-state index contributed by atoms with van der Waals surface area (Å²) in [7, 11) is 0. The summed E-state index contributed by atoms with van der Waals surface area (Å²) in [5.74, 6) is 1.73. The Balaban J connectivity index is 1.11. The molecule has 72 heavy (non-hydrogen) atoms. The maximum absolute atomic E-state index is 6.40. The van der Waals surface area contributed by atoms with E-state index in [1.54, 1.807) is 0 Å². The predicted octanol–water partition coefficient (Wildman–Crippen LogP) is 17.8. The predicted molar refractivity (Wildman–Crippen MR) is 298 cm³/mol. The van der Waals surface area contributed by atoms with Crippen LogP contribution in [0.2, 0.25) is 0 Å². The summed E-state index contributed by atoms with van der Waals surface area (Å²) in [6, 6.07) is 84.2. The second-order valence-electron chi connectivity index (χ2n) is 19.6. The van der Waals surface area contributed by atoms with Gasteiger partial charge < -0.3 is 8.98 Å². The molecular weight excluding hydrogens is 877 g/mol. The molecule has 342 valence electrons. The van der Waals surface area contributed by atoms with Crippen molar-refractivity contribution < 1.29 is 4.42 Å². The summed E-state index contributed by atoms with van der Waals surface area (Å²) in [6.07, 6.45) is 0. The quantitative estimate of drug-likeness (QED) is 0.152. The summed E-state index contributed by atoms with van der Waals surface area (Å²) in [5.41, 5.74) is 17.7. The van der Waals surface area contributed by atoms with Crippen molar-refractivity contribution in [3.05, 3.63) is 242 Å². The van der Waals surface area contributed by atoms with Gasteiger partial charge in [0.2, 0.25) is 0 Å². The molecule has 3 aromatic heterocycles. The van der Waals surface area contributed by atoms with E-state index in [1.807, 2.05) is 36.4 Å². The van der Waals surface area contributed by atoms with Crippen LogP contribution in [0.1, 0.15) is 26.3 Å². The third kappa shape index (κ3) is 7.63. The fourth-order valence-electron chi connectivity index (χ4n) is 10.3. The molecule has 0 unspecified atom stereocenters. The van der Waals surface area contributed by atoms with Crippen molar-refractivity contribution in [2.24, 2.45) is 0 Å². The number of fused-ring (bicyclic) bond motifs is 6. The Morgan fingerprint density at radius 1 is 0.319 bits per heavy atom. The zero-order valence-corrected chi connectivity index (χ0v) is 40.2. The molecule has 0 fully saturated rings. The highest BCUT2D eigenvalue weighted by molar-refractivity contribution is 6.13. The van der Waals surface area contributed by atoms with E-state index in [-0.39, 0.29) is 5.41 Å². The van der Waals surface area contributed by atoms with E-state index in [2.05, 4.69) is 226 Å². The van der Waals surface area contributed by atoms with Crippen molar-refractivity contribution in [1.82, 2.24) is 19.5 Å². The second-order valence-corrected chi connectivity index (χ2v) is 19.6. The van der Waals surface area contributed by atoms with Gasteiger partial charge in [-0.3, -0.25) is 0 Å². The normalized spacial score (nSPS) is 11.8. The van der Waals surface area contributed by atoms with Gasteiger partial charge in [-0.25, -0.2) is 15.0 Å². The molecule has 13 rings (SSSR count). The number of hydrogen-bond acceptors (Lipinski definition) is 4. The van der Waals surface area contributed by atoms with E-state index in [0.29, 0.717) is 17.5 Å². The van der Waals surface area contributed by atoms with Gasteiger partial charge in [-0.1, -0.05) is 203 Å². The topological polar surface area (TPSA) is 56.7 Å². The molecule has 0 aliphatic carbocycles. The minimum absolute atomic E-state index is 0.0291. The lowest BCUT2D eigenvalue weighted by Crippen LogP contribution is -2.10. The Morgan fingerprint density at radius 3 is 1.31 bits per heavy atom. The molecule has 0 bridgehead atoms. The number of aromatic nitrogens is 4. The lowest BCUT2D eigenvalue weighted by atomic mass is 9.85. The molecule has 10 aromatic carbocycles. The molecule has 0 amide bonds. The molecule has 0 aliphatic heterocycles. The number of rotatable bonds is 8. The Labute approximate surface area is 418 Å². The van der Waals surface area contributed by atoms with Gasteiger partial charge in [-0.2, -0.15) is 0 Å². The van der Waals surface area contributed by atoms with Gasteiger partial charge in [0.15, 0.2) is 17.5 Å². The summed E-state index contributed by atoms with van der Waals surface area (Å²) in [5, 5.41) is 4.48. The first-order valence-corrected chi connectivity index (χ1v) is 24.6.